The van der Waals surface area contributed by atoms with E-state index in [1.807, 2.05) is 18.2 Å². The van der Waals surface area contributed by atoms with E-state index in [1.165, 1.54) is 7.11 Å². The van der Waals surface area contributed by atoms with E-state index >= 15 is 0 Å². The number of anilines is 1. The molecule has 1 aromatic carbocycles. The van der Waals surface area contributed by atoms with Crippen LogP contribution in [-0.4, -0.2) is 31.2 Å². The van der Waals surface area contributed by atoms with Crippen LogP contribution >= 0.6 is 15.9 Å². The second kappa shape index (κ2) is 6.02. The average Bonchev–Trinajstić information content (AvgIpc) is 2.53. The number of halogens is 1. The van der Waals surface area contributed by atoms with Gasteiger partial charge in [-0.15, -0.1) is 0 Å². The number of esters is 1. The molecule has 1 saturated heterocycles. The fraction of sp³-hybridized carbons (Fsp3) is 0.375. The van der Waals surface area contributed by atoms with E-state index in [1.54, 1.807) is 0 Å². The molecule has 0 aliphatic carbocycles. The van der Waals surface area contributed by atoms with Crippen LogP contribution in [0.15, 0.2) is 34.8 Å². The van der Waals surface area contributed by atoms with Gasteiger partial charge in [0.25, 0.3) is 0 Å². The summed E-state index contributed by atoms with van der Waals surface area (Å²) in [6, 6.07) is 10.2. The normalized spacial score (nSPS) is 16.2. The van der Waals surface area contributed by atoms with Crippen LogP contribution in [0.3, 0.4) is 0 Å². The number of carbonyl (C=O) groups excluding carboxylic acids is 1. The third-order valence-corrected chi connectivity index (χ3v) is 4.48. The van der Waals surface area contributed by atoms with Crippen LogP contribution in [0.1, 0.15) is 12.8 Å². The monoisotopic (exact) mass is 348 g/mol. The highest BCUT2D eigenvalue weighted by molar-refractivity contribution is 9.10. The maximum Gasteiger partial charge on any atom is 0.308 e. The first kappa shape index (κ1) is 14.3. The Kier molecular flexibility index (Phi) is 4.10. The molecule has 1 aromatic heterocycles. The van der Waals surface area contributed by atoms with Gasteiger partial charge in [0.15, 0.2) is 0 Å². The molecule has 0 amide bonds. The molecule has 21 heavy (non-hydrogen) atoms. The van der Waals surface area contributed by atoms with Gasteiger partial charge in [0.1, 0.15) is 5.82 Å². The lowest BCUT2D eigenvalue weighted by atomic mass is 9.97. The van der Waals surface area contributed by atoms with Crippen LogP contribution in [0.5, 0.6) is 0 Å². The van der Waals surface area contributed by atoms with Crippen molar-refractivity contribution in [3.05, 3.63) is 34.8 Å². The Bertz CT molecular complexity index is 666. The number of pyridine rings is 1. The summed E-state index contributed by atoms with van der Waals surface area (Å²) in [5.74, 6) is 0.918. The second-order valence-corrected chi connectivity index (χ2v) is 6.21. The lowest BCUT2D eigenvalue weighted by Crippen LogP contribution is -2.37. The maximum atomic E-state index is 11.6. The van der Waals surface area contributed by atoms with Gasteiger partial charge < -0.3 is 9.64 Å². The van der Waals surface area contributed by atoms with Crippen molar-refractivity contribution >= 4 is 38.6 Å². The van der Waals surface area contributed by atoms with E-state index in [2.05, 4.69) is 33.0 Å². The SMILES string of the molecule is COC(=O)C1CCN(c2ccc3cc(Br)ccc3n2)CC1. The number of ether oxygens (including phenoxy) is 1. The van der Waals surface area contributed by atoms with E-state index < -0.39 is 0 Å². The minimum atomic E-state index is -0.0917. The average molecular weight is 349 g/mol. The Morgan fingerprint density at radius 3 is 2.76 bits per heavy atom. The zero-order valence-corrected chi connectivity index (χ0v) is 13.5. The Labute approximate surface area is 132 Å². The van der Waals surface area contributed by atoms with Crippen molar-refractivity contribution in [2.75, 3.05) is 25.1 Å². The summed E-state index contributed by atoms with van der Waals surface area (Å²) < 4.78 is 5.88. The molecule has 0 N–H and O–H groups in total. The number of benzene rings is 1. The van der Waals surface area contributed by atoms with Gasteiger partial charge in [0.05, 0.1) is 18.5 Å². The Morgan fingerprint density at radius 2 is 2.05 bits per heavy atom. The molecule has 1 fully saturated rings. The third-order valence-electron chi connectivity index (χ3n) is 3.99. The Morgan fingerprint density at radius 1 is 1.29 bits per heavy atom. The highest BCUT2D eigenvalue weighted by Gasteiger charge is 2.26. The summed E-state index contributed by atoms with van der Waals surface area (Å²) in [6.45, 7) is 1.68. The number of piperidine rings is 1. The van der Waals surface area contributed by atoms with Crippen molar-refractivity contribution in [3.8, 4) is 0 Å². The predicted octanol–water partition coefficient (Wildman–Crippen LogP) is 3.39. The molecule has 0 spiro atoms. The number of methoxy groups -OCH3 is 1. The molecule has 1 aliphatic heterocycles. The number of hydrogen-bond acceptors (Lipinski definition) is 4. The number of nitrogens with zero attached hydrogens (tertiary/aromatic N) is 2. The van der Waals surface area contributed by atoms with Crippen molar-refractivity contribution in [1.82, 2.24) is 4.98 Å². The Balaban J connectivity index is 1.76. The van der Waals surface area contributed by atoms with Gasteiger partial charge in [-0.1, -0.05) is 15.9 Å². The quantitative estimate of drug-likeness (QED) is 0.780. The van der Waals surface area contributed by atoms with Gasteiger partial charge >= 0.3 is 5.97 Å². The van der Waals surface area contributed by atoms with Crippen LogP contribution < -0.4 is 4.90 Å². The van der Waals surface area contributed by atoms with Gasteiger partial charge in [-0.25, -0.2) is 4.98 Å². The fourth-order valence-corrected chi connectivity index (χ4v) is 3.15. The van der Waals surface area contributed by atoms with Crippen LogP contribution in [0.25, 0.3) is 10.9 Å². The molecule has 0 bridgehead atoms. The lowest BCUT2D eigenvalue weighted by molar-refractivity contribution is -0.146. The second-order valence-electron chi connectivity index (χ2n) is 5.29. The number of fused-ring (bicyclic) bond motifs is 1. The third kappa shape index (κ3) is 3.02. The molecule has 0 saturated carbocycles. The zero-order valence-electron chi connectivity index (χ0n) is 11.9. The molecule has 0 atom stereocenters. The molecule has 2 heterocycles. The first-order valence-corrected chi connectivity index (χ1v) is 7.86. The molecule has 0 unspecified atom stereocenters. The molecule has 2 aromatic rings. The standard InChI is InChI=1S/C16H17BrN2O2/c1-21-16(20)11-6-8-19(9-7-11)15-5-2-12-10-13(17)3-4-14(12)18-15/h2-5,10-11H,6-9H2,1H3. The topological polar surface area (TPSA) is 42.4 Å². The molecular weight excluding hydrogens is 332 g/mol. The van der Waals surface area contributed by atoms with Crippen molar-refractivity contribution < 1.29 is 9.53 Å². The van der Waals surface area contributed by atoms with Crippen molar-refractivity contribution in [2.24, 2.45) is 5.92 Å². The predicted molar refractivity (Wildman–Crippen MR) is 86.4 cm³/mol. The first-order valence-electron chi connectivity index (χ1n) is 7.06. The minimum absolute atomic E-state index is 0.0302. The van der Waals surface area contributed by atoms with Gasteiger partial charge in [0, 0.05) is 22.9 Å². The first-order chi connectivity index (χ1) is 10.2. The largest absolute Gasteiger partial charge is 0.469 e. The summed E-state index contributed by atoms with van der Waals surface area (Å²) >= 11 is 3.47. The van der Waals surface area contributed by atoms with Crippen molar-refractivity contribution in [2.45, 2.75) is 12.8 Å². The molecule has 4 nitrogen and oxygen atoms in total. The lowest BCUT2D eigenvalue weighted by Gasteiger charge is -2.31. The fourth-order valence-electron chi connectivity index (χ4n) is 2.77. The molecule has 1 aliphatic rings. The van der Waals surface area contributed by atoms with E-state index in [4.69, 9.17) is 9.72 Å². The number of carbonyl (C=O) groups is 1. The molecular formula is C16H17BrN2O2. The van der Waals surface area contributed by atoms with Crippen LogP contribution in [0.2, 0.25) is 0 Å². The highest BCUT2D eigenvalue weighted by atomic mass is 79.9. The summed E-state index contributed by atoms with van der Waals surface area (Å²) in [4.78, 5) is 18.5. The zero-order chi connectivity index (χ0) is 14.8. The van der Waals surface area contributed by atoms with E-state index in [9.17, 15) is 4.79 Å². The molecule has 110 valence electrons. The molecule has 5 heteroatoms. The summed E-state index contributed by atoms with van der Waals surface area (Å²) in [5, 5.41) is 1.12. The molecule has 0 radical (unpaired) electrons. The van der Waals surface area contributed by atoms with Gasteiger partial charge in [-0.3, -0.25) is 4.79 Å². The van der Waals surface area contributed by atoms with Crippen molar-refractivity contribution in [1.29, 1.82) is 0 Å². The van der Waals surface area contributed by atoms with Crippen molar-refractivity contribution in [3.63, 3.8) is 0 Å². The maximum absolute atomic E-state index is 11.6. The minimum Gasteiger partial charge on any atom is -0.469 e. The van der Waals surface area contributed by atoms with Crippen LogP contribution in [0.4, 0.5) is 5.82 Å². The highest BCUT2D eigenvalue weighted by Crippen LogP contribution is 2.25. The number of rotatable bonds is 2. The van der Waals surface area contributed by atoms with E-state index in [0.29, 0.717) is 0 Å². The van der Waals surface area contributed by atoms with Crippen LogP contribution in [0, 0.1) is 5.92 Å². The summed E-state index contributed by atoms with van der Waals surface area (Å²) in [7, 11) is 1.46. The van der Waals surface area contributed by atoms with E-state index in [0.717, 1.165) is 47.1 Å². The smallest absolute Gasteiger partial charge is 0.308 e. The van der Waals surface area contributed by atoms with Gasteiger partial charge in [-0.05, 0) is 43.2 Å². The number of hydrogen-bond donors (Lipinski definition) is 0. The number of aromatic nitrogens is 1. The van der Waals surface area contributed by atoms with Gasteiger partial charge in [-0.2, -0.15) is 0 Å². The summed E-state index contributed by atoms with van der Waals surface area (Å²) in [6.07, 6.45) is 1.65. The van der Waals surface area contributed by atoms with E-state index in [-0.39, 0.29) is 11.9 Å². The Hall–Kier alpha value is -1.62. The van der Waals surface area contributed by atoms with Gasteiger partial charge in [0.2, 0.25) is 0 Å². The summed E-state index contributed by atoms with van der Waals surface area (Å²) in [5.41, 5.74) is 0.991. The van der Waals surface area contributed by atoms with Crippen LogP contribution in [-0.2, 0) is 9.53 Å². The molecule has 3 rings (SSSR count).